The molecule has 0 spiro atoms. The summed E-state index contributed by atoms with van der Waals surface area (Å²) in [4.78, 5) is 5.08. The smallest absolute Gasteiger partial charge is 0.179 e. The van der Waals surface area contributed by atoms with Crippen molar-refractivity contribution in [1.29, 1.82) is 0 Å². The minimum atomic E-state index is -2.92. The predicted octanol–water partition coefficient (Wildman–Crippen LogP) is 8.68. The van der Waals surface area contributed by atoms with Gasteiger partial charge >= 0.3 is 0 Å². The van der Waals surface area contributed by atoms with Crippen LogP contribution in [-0.4, -0.2) is 27.4 Å². The average molecular weight is 715 g/mol. The van der Waals surface area contributed by atoms with Gasteiger partial charge in [0, 0.05) is 28.1 Å². The molecule has 0 saturated heterocycles. The van der Waals surface area contributed by atoms with E-state index in [2.05, 4.69) is 213 Å². The second-order valence-corrected chi connectivity index (χ2v) is 18.7. The second-order valence-electron chi connectivity index (χ2n) is 14.8. The Labute approximate surface area is 318 Å². The Bertz CT molecular complexity index is 2720. The number of aromatic nitrogens is 4. The largest absolute Gasteiger partial charge is 0.294 e. The van der Waals surface area contributed by atoms with E-state index in [1.165, 1.54) is 42.6 Å². The molecule has 6 aromatic carbocycles. The summed E-state index contributed by atoms with van der Waals surface area (Å²) >= 11 is 0. The van der Waals surface area contributed by atoms with E-state index >= 15 is 0 Å². The number of nitrogens with zero attached hydrogens (tertiary/aromatic N) is 4. The van der Waals surface area contributed by atoms with Crippen LogP contribution in [0.1, 0.15) is 36.4 Å². The molecule has 0 amide bonds. The highest BCUT2D eigenvalue weighted by Crippen LogP contribution is 2.35. The molecule has 3 aromatic heterocycles. The van der Waals surface area contributed by atoms with Gasteiger partial charge in [0.1, 0.15) is 5.82 Å². The van der Waals surface area contributed by atoms with E-state index in [1.807, 2.05) is 6.20 Å². The number of benzene rings is 6. The summed E-state index contributed by atoms with van der Waals surface area (Å²) in [6.07, 6.45) is 1.97. The molecule has 4 nitrogen and oxygen atoms in total. The molecule has 0 aliphatic heterocycles. The third-order valence-electron chi connectivity index (χ3n) is 11.2. The van der Waals surface area contributed by atoms with Crippen molar-refractivity contribution in [3.05, 3.63) is 205 Å². The zero-order valence-electron chi connectivity index (χ0n) is 31.1. The molecule has 0 fully saturated rings. The number of hydrogen-bond donors (Lipinski definition) is 0. The lowest BCUT2D eigenvalue weighted by Crippen LogP contribution is -2.74. The van der Waals surface area contributed by atoms with Crippen LogP contribution < -0.4 is 20.7 Å². The topological polar surface area (TPSA) is 35.6 Å². The summed E-state index contributed by atoms with van der Waals surface area (Å²) in [5.41, 5.74) is 7.78. The molecule has 0 unspecified atom stereocenters. The maximum atomic E-state index is 5.08. The molecule has 0 aliphatic carbocycles. The van der Waals surface area contributed by atoms with Crippen molar-refractivity contribution in [3.8, 4) is 11.5 Å². The molecule has 5 heteroatoms. The third-order valence-corrected chi connectivity index (χ3v) is 16.0. The van der Waals surface area contributed by atoms with E-state index in [9.17, 15) is 0 Å². The number of pyridine rings is 1. The number of para-hydroxylation sites is 1. The minimum absolute atomic E-state index is 0.206. The summed E-state index contributed by atoms with van der Waals surface area (Å²) in [6.45, 7) is 8.78. The molecular weight excluding hydrogens is 673 g/mol. The van der Waals surface area contributed by atoms with Crippen LogP contribution in [0.15, 0.2) is 182 Å². The van der Waals surface area contributed by atoms with E-state index in [1.54, 1.807) is 0 Å². The van der Waals surface area contributed by atoms with Crippen LogP contribution in [0.5, 0.6) is 0 Å². The van der Waals surface area contributed by atoms with Crippen LogP contribution in [-0.2, 0) is 5.41 Å². The fourth-order valence-electron chi connectivity index (χ4n) is 8.54. The summed E-state index contributed by atoms with van der Waals surface area (Å²) in [7, 11) is -2.92. The lowest BCUT2D eigenvalue weighted by atomic mass is 9.78. The zero-order chi connectivity index (χ0) is 36.9. The number of aryl methyl sites for hydroxylation is 2. The summed E-state index contributed by atoms with van der Waals surface area (Å²) in [5.74, 6) is 0.915. The predicted molar refractivity (Wildman–Crippen MR) is 227 cm³/mol. The van der Waals surface area contributed by atoms with Crippen LogP contribution >= 0.6 is 0 Å². The van der Waals surface area contributed by atoms with Crippen molar-refractivity contribution >= 4 is 50.6 Å². The summed E-state index contributed by atoms with van der Waals surface area (Å²) in [5, 5.41) is 12.6. The van der Waals surface area contributed by atoms with Crippen molar-refractivity contribution in [1.82, 2.24) is 19.3 Å². The molecule has 0 N–H and O–H groups in total. The summed E-state index contributed by atoms with van der Waals surface area (Å²) in [6, 6.07) is 64.6. The summed E-state index contributed by atoms with van der Waals surface area (Å²) < 4.78 is 4.45. The monoisotopic (exact) mass is 714 g/mol. The first-order valence-electron chi connectivity index (χ1n) is 18.7. The van der Waals surface area contributed by atoms with E-state index in [4.69, 9.17) is 10.1 Å². The SMILES string of the molecule is Cc1cc(C)n(-c2cccc([Si](c3ccccc3)(c3ccccc3)c3ccc4c5ccccc5n(-c5cc(C(C)(C)c6ccccc6)ccn5)c4c3)c2)n1. The highest BCUT2D eigenvalue weighted by molar-refractivity contribution is 7.20. The number of fused-ring (bicyclic) bond motifs is 3. The Kier molecular flexibility index (Phi) is 8.24. The first kappa shape index (κ1) is 33.5. The highest BCUT2D eigenvalue weighted by Gasteiger charge is 2.42. The highest BCUT2D eigenvalue weighted by atomic mass is 28.3. The van der Waals surface area contributed by atoms with Gasteiger partial charge in [-0.25, -0.2) is 9.67 Å². The van der Waals surface area contributed by atoms with Crippen molar-refractivity contribution in [2.45, 2.75) is 33.1 Å². The van der Waals surface area contributed by atoms with Crippen LogP contribution in [0.2, 0.25) is 0 Å². The van der Waals surface area contributed by atoms with Gasteiger partial charge in [-0.15, -0.1) is 0 Å². The minimum Gasteiger partial charge on any atom is -0.294 e. The Morgan fingerprint density at radius 2 is 1.11 bits per heavy atom. The van der Waals surface area contributed by atoms with E-state index in [-0.39, 0.29) is 5.41 Å². The van der Waals surface area contributed by atoms with Crippen LogP contribution in [0.25, 0.3) is 33.3 Å². The maximum Gasteiger partial charge on any atom is 0.179 e. The molecule has 0 saturated carbocycles. The number of rotatable bonds is 8. The van der Waals surface area contributed by atoms with Gasteiger partial charge in [-0.2, -0.15) is 5.10 Å². The van der Waals surface area contributed by atoms with Gasteiger partial charge in [0.05, 0.1) is 22.4 Å². The Balaban J connectivity index is 1.34. The van der Waals surface area contributed by atoms with E-state index in [0.29, 0.717) is 0 Å². The number of hydrogen-bond acceptors (Lipinski definition) is 2. The lowest BCUT2D eigenvalue weighted by molar-refractivity contribution is 0.639. The average Bonchev–Trinajstić information content (AvgIpc) is 3.74. The molecule has 262 valence electrons. The van der Waals surface area contributed by atoms with Gasteiger partial charge in [0.25, 0.3) is 0 Å². The molecule has 0 aliphatic rings. The van der Waals surface area contributed by atoms with Crippen LogP contribution in [0.3, 0.4) is 0 Å². The van der Waals surface area contributed by atoms with Crippen LogP contribution in [0.4, 0.5) is 0 Å². The lowest BCUT2D eigenvalue weighted by Gasteiger charge is -2.35. The quantitative estimate of drug-likeness (QED) is 0.117. The molecule has 54 heavy (non-hydrogen) atoms. The first-order valence-corrected chi connectivity index (χ1v) is 20.7. The molecule has 3 heterocycles. The standard InChI is InChI=1S/C49H42N4Si/c1-35-31-36(2)53(51-35)39-19-16-24-42(33-39)54(40-20-10-6-11-21-40,41-22-12-7-13-23-41)43-27-28-45-44-25-14-15-26-46(44)52(47(45)34-43)48-32-38(29-30-50-48)49(3,4)37-17-8-5-9-18-37/h5-34H,1-4H3. The third kappa shape index (κ3) is 5.43. The van der Waals surface area contributed by atoms with Gasteiger partial charge < -0.3 is 0 Å². The Morgan fingerprint density at radius 3 is 1.80 bits per heavy atom. The Morgan fingerprint density at radius 1 is 0.500 bits per heavy atom. The molecular formula is C49H42N4Si. The molecule has 9 aromatic rings. The van der Waals surface area contributed by atoms with Crippen LogP contribution in [0, 0.1) is 13.8 Å². The molecule has 9 rings (SSSR count). The van der Waals surface area contributed by atoms with Gasteiger partial charge in [-0.1, -0.05) is 147 Å². The van der Waals surface area contributed by atoms with Crippen molar-refractivity contribution in [2.24, 2.45) is 0 Å². The Hall–Kier alpha value is -6.30. The van der Waals surface area contributed by atoms with Crippen molar-refractivity contribution in [2.75, 3.05) is 0 Å². The maximum absolute atomic E-state index is 5.08. The van der Waals surface area contributed by atoms with Gasteiger partial charge in [-0.3, -0.25) is 4.57 Å². The van der Waals surface area contributed by atoms with Crippen molar-refractivity contribution in [3.63, 3.8) is 0 Å². The van der Waals surface area contributed by atoms with Gasteiger partial charge in [-0.05, 0) is 88.2 Å². The van der Waals surface area contributed by atoms with E-state index < -0.39 is 8.07 Å². The fourth-order valence-corrected chi connectivity index (χ4v) is 13.3. The zero-order valence-corrected chi connectivity index (χ0v) is 32.1. The first-order chi connectivity index (χ1) is 26.4. The fraction of sp³-hybridized carbons (Fsp3) is 0.102. The van der Waals surface area contributed by atoms with Gasteiger partial charge in [0.2, 0.25) is 0 Å². The second kappa shape index (κ2) is 13.3. The molecule has 0 bridgehead atoms. The van der Waals surface area contributed by atoms with Gasteiger partial charge in [0.15, 0.2) is 8.07 Å². The van der Waals surface area contributed by atoms with E-state index in [0.717, 1.165) is 33.9 Å². The normalized spacial score (nSPS) is 12.1. The molecule has 0 atom stereocenters. The van der Waals surface area contributed by atoms with Crippen molar-refractivity contribution < 1.29 is 0 Å². The molecule has 0 radical (unpaired) electrons.